The molecule has 0 bridgehead atoms. The smallest absolute Gasteiger partial charge is 0.124 e. The van der Waals surface area contributed by atoms with Gasteiger partial charge in [-0.05, 0) is 44.5 Å². The molecule has 3 nitrogen and oxygen atoms in total. The van der Waals surface area contributed by atoms with E-state index in [1.54, 1.807) is 0 Å². The topological polar surface area (TPSA) is 44.5 Å². The number of ether oxygens (including phenoxy) is 2. The van der Waals surface area contributed by atoms with Crippen LogP contribution >= 0.6 is 0 Å². The zero-order chi connectivity index (χ0) is 15.2. The zero-order valence-electron chi connectivity index (χ0n) is 12.9. The van der Waals surface area contributed by atoms with Gasteiger partial charge in [0.05, 0.1) is 19.3 Å². The van der Waals surface area contributed by atoms with Crippen molar-refractivity contribution in [1.82, 2.24) is 0 Å². The molecule has 2 aromatic carbocycles. The third-order valence-electron chi connectivity index (χ3n) is 3.35. The van der Waals surface area contributed by atoms with Gasteiger partial charge in [-0.15, -0.1) is 0 Å². The fourth-order valence-corrected chi connectivity index (χ4v) is 2.32. The number of hydrogen-bond acceptors (Lipinski definition) is 3. The van der Waals surface area contributed by atoms with Crippen molar-refractivity contribution in [3.8, 4) is 11.5 Å². The fraction of sp³-hybridized carbons (Fsp3) is 0.333. The fourth-order valence-electron chi connectivity index (χ4n) is 2.32. The summed E-state index contributed by atoms with van der Waals surface area (Å²) in [6, 6.07) is 13.8. The molecule has 0 heterocycles. The Bertz CT molecular complexity index is 578. The molecule has 0 aliphatic rings. The summed E-state index contributed by atoms with van der Waals surface area (Å²) in [6.45, 7) is 7.31. The minimum atomic E-state index is -0.206. The van der Waals surface area contributed by atoms with Crippen molar-refractivity contribution in [2.75, 3.05) is 13.2 Å². The monoisotopic (exact) mass is 285 g/mol. The predicted molar refractivity (Wildman–Crippen MR) is 86.0 cm³/mol. The maximum atomic E-state index is 6.42. The molecule has 2 rings (SSSR count). The molecule has 21 heavy (non-hydrogen) atoms. The van der Waals surface area contributed by atoms with Gasteiger partial charge in [-0.3, -0.25) is 0 Å². The second-order valence-electron chi connectivity index (χ2n) is 4.95. The van der Waals surface area contributed by atoms with E-state index in [0.29, 0.717) is 13.2 Å². The highest BCUT2D eigenvalue weighted by Gasteiger charge is 2.14. The molecule has 112 valence electrons. The van der Waals surface area contributed by atoms with Crippen LogP contribution in [0.5, 0.6) is 11.5 Å². The highest BCUT2D eigenvalue weighted by atomic mass is 16.5. The van der Waals surface area contributed by atoms with Gasteiger partial charge < -0.3 is 15.2 Å². The molecule has 2 aromatic rings. The van der Waals surface area contributed by atoms with Crippen molar-refractivity contribution in [2.24, 2.45) is 5.73 Å². The molecule has 1 atom stereocenters. The number of aryl methyl sites for hydroxylation is 1. The first-order valence-electron chi connectivity index (χ1n) is 7.37. The van der Waals surface area contributed by atoms with Gasteiger partial charge in [-0.25, -0.2) is 0 Å². The van der Waals surface area contributed by atoms with Crippen LogP contribution in [0.4, 0.5) is 0 Å². The summed E-state index contributed by atoms with van der Waals surface area (Å²) in [5, 5.41) is 0. The Labute approximate surface area is 126 Å². The number of benzene rings is 2. The van der Waals surface area contributed by atoms with Gasteiger partial charge in [-0.2, -0.15) is 0 Å². The number of nitrogens with two attached hydrogens (primary N) is 1. The molecule has 0 amide bonds. The molecule has 0 aliphatic heterocycles. The van der Waals surface area contributed by atoms with E-state index in [9.17, 15) is 0 Å². The van der Waals surface area contributed by atoms with Gasteiger partial charge in [0.15, 0.2) is 0 Å². The van der Waals surface area contributed by atoms with Crippen molar-refractivity contribution in [2.45, 2.75) is 26.8 Å². The molecular formula is C18H23NO2. The van der Waals surface area contributed by atoms with E-state index < -0.39 is 0 Å². The molecule has 0 aliphatic carbocycles. The Morgan fingerprint density at radius 3 is 2.24 bits per heavy atom. The van der Waals surface area contributed by atoms with Gasteiger partial charge in [0.25, 0.3) is 0 Å². The maximum Gasteiger partial charge on any atom is 0.124 e. The number of hydrogen-bond donors (Lipinski definition) is 1. The van der Waals surface area contributed by atoms with Crippen LogP contribution in [0.1, 0.15) is 36.6 Å². The molecule has 0 saturated heterocycles. The highest BCUT2D eigenvalue weighted by Crippen LogP contribution is 2.30. The molecule has 0 saturated carbocycles. The van der Waals surface area contributed by atoms with Gasteiger partial charge >= 0.3 is 0 Å². The van der Waals surface area contributed by atoms with E-state index in [4.69, 9.17) is 15.2 Å². The lowest BCUT2D eigenvalue weighted by Gasteiger charge is -2.18. The zero-order valence-corrected chi connectivity index (χ0v) is 12.9. The summed E-state index contributed by atoms with van der Waals surface area (Å²) in [5.74, 6) is 1.72. The lowest BCUT2D eigenvalue weighted by Crippen LogP contribution is -2.14. The van der Waals surface area contributed by atoms with Crippen molar-refractivity contribution in [3.63, 3.8) is 0 Å². The first-order chi connectivity index (χ1) is 10.2. The molecule has 0 fully saturated rings. The van der Waals surface area contributed by atoms with Crippen molar-refractivity contribution in [3.05, 3.63) is 59.2 Å². The minimum Gasteiger partial charge on any atom is -0.494 e. The SMILES string of the molecule is CCOc1ccc(C(N)c2cc(C)ccc2OCC)cc1. The van der Waals surface area contributed by atoms with E-state index >= 15 is 0 Å². The van der Waals surface area contributed by atoms with E-state index in [-0.39, 0.29) is 6.04 Å². The van der Waals surface area contributed by atoms with Crippen molar-refractivity contribution < 1.29 is 9.47 Å². The molecular weight excluding hydrogens is 262 g/mol. The number of rotatable bonds is 6. The first-order valence-corrected chi connectivity index (χ1v) is 7.37. The predicted octanol–water partition coefficient (Wildman–Crippen LogP) is 3.84. The van der Waals surface area contributed by atoms with Crippen LogP contribution in [0, 0.1) is 6.92 Å². The summed E-state index contributed by atoms with van der Waals surface area (Å²) in [6.07, 6.45) is 0. The van der Waals surface area contributed by atoms with E-state index in [1.807, 2.05) is 50.2 Å². The largest absolute Gasteiger partial charge is 0.494 e. The first kappa shape index (κ1) is 15.4. The summed E-state index contributed by atoms with van der Waals surface area (Å²) >= 11 is 0. The standard InChI is InChI=1S/C18H23NO2/c1-4-20-15-9-7-14(8-10-15)18(19)16-12-13(3)6-11-17(16)21-5-2/h6-12,18H,4-5,19H2,1-3H3. The highest BCUT2D eigenvalue weighted by molar-refractivity contribution is 5.44. The molecule has 0 radical (unpaired) electrons. The second-order valence-corrected chi connectivity index (χ2v) is 4.95. The van der Waals surface area contributed by atoms with Crippen LogP contribution in [0.2, 0.25) is 0 Å². The molecule has 0 aromatic heterocycles. The average Bonchev–Trinajstić information content (AvgIpc) is 2.50. The van der Waals surface area contributed by atoms with Gasteiger partial charge in [0.1, 0.15) is 11.5 Å². The van der Waals surface area contributed by atoms with E-state index in [0.717, 1.165) is 22.6 Å². The average molecular weight is 285 g/mol. The minimum absolute atomic E-state index is 0.206. The van der Waals surface area contributed by atoms with Crippen LogP contribution in [0.25, 0.3) is 0 Å². The molecule has 1 unspecified atom stereocenters. The maximum absolute atomic E-state index is 6.42. The third-order valence-corrected chi connectivity index (χ3v) is 3.35. The lowest BCUT2D eigenvalue weighted by molar-refractivity contribution is 0.335. The Morgan fingerprint density at radius 2 is 1.62 bits per heavy atom. The Morgan fingerprint density at radius 1 is 0.952 bits per heavy atom. The summed E-state index contributed by atoms with van der Waals surface area (Å²) in [4.78, 5) is 0. The van der Waals surface area contributed by atoms with Crippen LogP contribution in [0.15, 0.2) is 42.5 Å². The van der Waals surface area contributed by atoms with Gasteiger partial charge in [0, 0.05) is 5.56 Å². The quantitative estimate of drug-likeness (QED) is 0.877. The Kier molecular flexibility index (Phi) is 5.23. The molecule has 3 heteroatoms. The molecule has 2 N–H and O–H groups in total. The van der Waals surface area contributed by atoms with Crippen LogP contribution < -0.4 is 15.2 Å². The van der Waals surface area contributed by atoms with Crippen molar-refractivity contribution >= 4 is 0 Å². The van der Waals surface area contributed by atoms with Crippen molar-refractivity contribution in [1.29, 1.82) is 0 Å². The second kappa shape index (κ2) is 7.14. The Hall–Kier alpha value is -2.00. The van der Waals surface area contributed by atoms with Crippen LogP contribution in [0.3, 0.4) is 0 Å². The summed E-state index contributed by atoms with van der Waals surface area (Å²) in [5.41, 5.74) is 9.66. The third kappa shape index (κ3) is 3.76. The Balaban J connectivity index is 2.30. The molecule has 0 spiro atoms. The van der Waals surface area contributed by atoms with E-state index in [1.165, 1.54) is 5.56 Å². The van der Waals surface area contributed by atoms with E-state index in [2.05, 4.69) is 13.0 Å². The van der Waals surface area contributed by atoms with Gasteiger partial charge in [0.2, 0.25) is 0 Å². The normalized spacial score (nSPS) is 12.0. The van der Waals surface area contributed by atoms with Gasteiger partial charge in [-0.1, -0.05) is 29.8 Å². The summed E-state index contributed by atoms with van der Waals surface area (Å²) < 4.78 is 11.2. The lowest BCUT2D eigenvalue weighted by atomic mass is 9.97. The summed E-state index contributed by atoms with van der Waals surface area (Å²) in [7, 11) is 0. The van der Waals surface area contributed by atoms with Crippen LogP contribution in [-0.4, -0.2) is 13.2 Å². The van der Waals surface area contributed by atoms with Crippen LogP contribution in [-0.2, 0) is 0 Å².